The Hall–Kier alpha value is -0.0800. The van der Waals surface area contributed by atoms with Crippen LogP contribution in [0.5, 0.6) is 0 Å². The van der Waals surface area contributed by atoms with E-state index in [0.29, 0.717) is 13.0 Å². The molecule has 0 aromatic carbocycles. The van der Waals surface area contributed by atoms with Crippen LogP contribution in [0.3, 0.4) is 0 Å². The minimum absolute atomic E-state index is 0.556. The van der Waals surface area contributed by atoms with Crippen molar-refractivity contribution in [3.8, 4) is 0 Å². The van der Waals surface area contributed by atoms with Crippen LogP contribution >= 0.6 is 0 Å². The van der Waals surface area contributed by atoms with Gasteiger partial charge >= 0.3 is 0 Å². The van der Waals surface area contributed by atoms with Crippen molar-refractivity contribution in [2.45, 2.75) is 25.9 Å². The van der Waals surface area contributed by atoms with Crippen molar-refractivity contribution in [2.24, 2.45) is 0 Å². The molecule has 9 heavy (non-hydrogen) atoms. The standard InChI is InChI=1S/C7H16NO/c1-4-7(3,9)6-8-5-2/h8-9H,1,4-6H2,2-3H3. The SMILES string of the molecule is [CH2]CC(C)(O)CNCC. The molecule has 0 rings (SSSR count). The molecule has 0 fully saturated rings. The molecular formula is C7H16NO. The lowest BCUT2D eigenvalue weighted by Crippen LogP contribution is -2.36. The predicted molar refractivity (Wildman–Crippen MR) is 39.1 cm³/mol. The van der Waals surface area contributed by atoms with Crippen molar-refractivity contribution in [3.63, 3.8) is 0 Å². The van der Waals surface area contributed by atoms with Crippen LogP contribution in [0, 0.1) is 6.92 Å². The minimum atomic E-state index is -0.629. The van der Waals surface area contributed by atoms with Gasteiger partial charge in [-0.2, -0.15) is 0 Å². The first-order valence-electron chi connectivity index (χ1n) is 3.34. The Bertz CT molecular complexity index is 71.3. The molecule has 2 nitrogen and oxygen atoms in total. The molecule has 0 spiro atoms. The van der Waals surface area contributed by atoms with Crippen LogP contribution in [0.15, 0.2) is 0 Å². The summed E-state index contributed by atoms with van der Waals surface area (Å²) in [5.41, 5.74) is -0.629. The number of rotatable bonds is 4. The topological polar surface area (TPSA) is 32.3 Å². The van der Waals surface area contributed by atoms with E-state index in [9.17, 15) is 5.11 Å². The maximum absolute atomic E-state index is 9.33. The van der Waals surface area contributed by atoms with Gasteiger partial charge in [0.1, 0.15) is 0 Å². The molecule has 0 aliphatic rings. The number of hydrogen-bond donors (Lipinski definition) is 2. The summed E-state index contributed by atoms with van der Waals surface area (Å²) >= 11 is 0. The number of hydrogen-bond acceptors (Lipinski definition) is 2. The summed E-state index contributed by atoms with van der Waals surface area (Å²) in [6, 6.07) is 0. The molecule has 1 radical (unpaired) electrons. The first-order valence-corrected chi connectivity index (χ1v) is 3.34. The molecule has 2 N–H and O–H groups in total. The Balaban J connectivity index is 3.33. The highest BCUT2D eigenvalue weighted by Gasteiger charge is 2.15. The van der Waals surface area contributed by atoms with Crippen molar-refractivity contribution in [2.75, 3.05) is 13.1 Å². The summed E-state index contributed by atoms with van der Waals surface area (Å²) in [6.45, 7) is 8.94. The summed E-state index contributed by atoms with van der Waals surface area (Å²) < 4.78 is 0. The molecule has 0 aliphatic heterocycles. The van der Waals surface area contributed by atoms with Gasteiger partial charge in [-0.25, -0.2) is 0 Å². The average Bonchev–Trinajstić information content (AvgIpc) is 1.84. The van der Waals surface area contributed by atoms with Crippen LogP contribution in [0.2, 0.25) is 0 Å². The van der Waals surface area contributed by atoms with E-state index in [1.54, 1.807) is 6.92 Å². The largest absolute Gasteiger partial charge is 0.389 e. The molecule has 2 heteroatoms. The third-order valence-corrected chi connectivity index (χ3v) is 1.29. The summed E-state index contributed by atoms with van der Waals surface area (Å²) in [7, 11) is 0. The van der Waals surface area contributed by atoms with Gasteiger partial charge in [-0.05, 0) is 19.9 Å². The van der Waals surface area contributed by atoms with Gasteiger partial charge in [0.25, 0.3) is 0 Å². The van der Waals surface area contributed by atoms with Crippen molar-refractivity contribution in [1.82, 2.24) is 5.32 Å². The zero-order valence-electron chi connectivity index (χ0n) is 6.28. The third kappa shape index (κ3) is 4.43. The van der Waals surface area contributed by atoms with E-state index >= 15 is 0 Å². The van der Waals surface area contributed by atoms with Gasteiger partial charge in [0, 0.05) is 6.54 Å². The first-order chi connectivity index (χ1) is 4.12. The number of aliphatic hydroxyl groups is 1. The fourth-order valence-corrected chi connectivity index (χ4v) is 0.483. The van der Waals surface area contributed by atoms with Crippen LogP contribution in [-0.2, 0) is 0 Å². The van der Waals surface area contributed by atoms with Crippen LogP contribution in [0.4, 0.5) is 0 Å². The summed E-state index contributed by atoms with van der Waals surface area (Å²) in [5, 5.41) is 12.4. The number of likely N-dealkylation sites (N-methyl/N-ethyl adjacent to an activating group) is 1. The lowest BCUT2D eigenvalue weighted by Gasteiger charge is -2.20. The Morgan fingerprint density at radius 1 is 1.67 bits per heavy atom. The van der Waals surface area contributed by atoms with Gasteiger partial charge in [0.05, 0.1) is 5.60 Å². The monoisotopic (exact) mass is 130 g/mol. The van der Waals surface area contributed by atoms with E-state index in [0.717, 1.165) is 6.54 Å². The van der Waals surface area contributed by atoms with E-state index in [4.69, 9.17) is 0 Å². The quantitative estimate of drug-likeness (QED) is 0.583. The average molecular weight is 130 g/mol. The summed E-state index contributed by atoms with van der Waals surface area (Å²) in [5.74, 6) is 0. The Morgan fingerprint density at radius 3 is 2.56 bits per heavy atom. The van der Waals surface area contributed by atoms with Gasteiger partial charge in [-0.15, -0.1) is 0 Å². The van der Waals surface area contributed by atoms with Crippen LogP contribution in [0.1, 0.15) is 20.3 Å². The smallest absolute Gasteiger partial charge is 0.0743 e. The minimum Gasteiger partial charge on any atom is -0.389 e. The highest BCUT2D eigenvalue weighted by Crippen LogP contribution is 2.04. The molecule has 0 heterocycles. The first kappa shape index (κ1) is 8.92. The summed E-state index contributed by atoms with van der Waals surface area (Å²) in [4.78, 5) is 0. The second-order valence-electron chi connectivity index (χ2n) is 2.53. The molecule has 0 amide bonds. The lowest BCUT2D eigenvalue weighted by atomic mass is 10.0. The van der Waals surface area contributed by atoms with Gasteiger partial charge < -0.3 is 10.4 Å². The molecular weight excluding hydrogens is 114 g/mol. The maximum Gasteiger partial charge on any atom is 0.0743 e. The predicted octanol–water partition coefficient (Wildman–Crippen LogP) is 0.571. The Labute approximate surface area is 57.3 Å². The Kier molecular flexibility index (Phi) is 3.82. The summed E-state index contributed by atoms with van der Waals surface area (Å²) in [6.07, 6.45) is 0.556. The van der Waals surface area contributed by atoms with Crippen LogP contribution in [0.25, 0.3) is 0 Å². The zero-order valence-corrected chi connectivity index (χ0v) is 6.28. The van der Waals surface area contributed by atoms with Crippen molar-refractivity contribution in [1.29, 1.82) is 0 Å². The molecule has 1 unspecified atom stereocenters. The van der Waals surface area contributed by atoms with Crippen molar-refractivity contribution >= 4 is 0 Å². The highest BCUT2D eigenvalue weighted by molar-refractivity contribution is 4.75. The van der Waals surface area contributed by atoms with E-state index in [1.807, 2.05) is 6.92 Å². The molecule has 0 aliphatic carbocycles. The van der Waals surface area contributed by atoms with Gasteiger partial charge in [-0.1, -0.05) is 13.8 Å². The lowest BCUT2D eigenvalue weighted by molar-refractivity contribution is 0.0628. The molecule has 55 valence electrons. The highest BCUT2D eigenvalue weighted by atomic mass is 16.3. The molecule has 0 bridgehead atoms. The normalized spacial score (nSPS) is 17.3. The van der Waals surface area contributed by atoms with Crippen molar-refractivity contribution in [3.05, 3.63) is 6.92 Å². The fourth-order valence-electron chi connectivity index (χ4n) is 0.483. The molecule has 0 aromatic heterocycles. The van der Waals surface area contributed by atoms with E-state index in [2.05, 4.69) is 12.2 Å². The van der Waals surface area contributed by atoms with Gasteiger partial charge in [0.15, 0.2) is 0 Å². The van der Waals surface area contributed by atoms with Crippen LogP contribution in [-0.4, -0.2) is 23.8 Å². The van der Waals surface area contributed by atoms with E-state index < -0.39 is 5.60 Å². The molecule has 0 aromatic rings. The van der Waals surface area contributed by atoms with E-state index in [1.165, 1.54) is 0 Å². The molecule has 0 saturated heterocycles. The maximum atomic E-state index is 9.33. The fraction of sp³-hybridized carbons (Fsp3) is 0.857. The third-order valence-electron chi connectivity index (χ3n) is 1.29. The van der Waals surface area contributed by atoms with Gasteiger partial charge in [-0.3, -0.25) is 0 Å². The second-order valence-corrected chi connectivity index (χ2v) is 2.53. The number of nitrogens with one attached hydrogen (secondary N) is 1. The van der Waals surface area contributed by atoms with Crippen molar-refractivity contribution < 1.29 is 5.11 Å². The zero-order chi connectivity index (χ0) is 7.33. The molecule has 1 atom stereocenters. The second kappa shape index (κ2) is 3.85. The van der Waals surface area contributed by atoms with Crippen LogP contribution < -0.4 is 5.32 Å². The van der Waals surface area contributed by atoms with E-state index in [-0.39, 0.29) is 0 Å². The molecule has 0 saturated carbocycles. The van der Waals surface area contributed by atoms with Gasteiger partial charge in [0.2, 0.25) is 0 Å². The Morgan fingerprint density at radius 2 is 2.22 bits per heavy atom.